The summed E-state index contributed by atoms with van der Waals surface area (Å²) in [6.07, 6.45) is 6.70. The Morgan fingerprint density at radius 2 is 1.68 bits per heavy atom. The summed E-state index contributed by atoms with van der Waals surface area (Å²) < 4.78 is 34.9. The van der Waals surface area contributed by atoms with Crippen molar-refractivity contribution in [2.24, 2.45) is 16.0 Å². The Balaban J connectivity index is 0.000000649. The minimum Gasteiger partial charge on any atom is -0.508 e. The van der Waals surface area contributed by atoms with Crippen LogP contribution in [0.15, 0.2) is 88.8 Å². The second-order valence-electron chi connectivity index (χ2n) is 8.51. The fraction of sp³-hybridized carbons (Fsp3) is 0.345. The number of allylic oxidation sites excluding steroid dienone is 5. The molecule has 4 N–H and O–H groups in total. The molecule has 2 aromatic rings. The highest BCUT2D eigenvalue weighted by atomic mass is 32.2. The van der Waals surface area contributed by atoms with E-state index in [9.17, 15) is 17.9 Å². The normalized spacial score (nSPS) is 15.7. The number of benzene rings is 2. The highest BCUT2D eigenvalue weighted by molar-refractivity contribution is 7.93. The van der Waals surface area contributed by atoms with Crippen molar-refractivity contribution in [3.63, 3.8) is 0 Å². The van der Waals surface area contributed by atoms with Gasteiger partial charge >= 0.3 is 0 Å². The zero-order chi connectivity index (χ0) is 28.6. The van der Waals surface area contributed by atoms with Crippen LogP contribution in [0, 0.1) is 11.7 Å². The number of hydrogen-bond acceptors (Lipinski definition) is 5. The Morgan fingerprint density at radius 1 is 1.16 bits per heavy atom. The van der Waals surface area contributed by atoms with Gasteiger partial charge in [-0.1, -0.05) is 43.7 Å². The molecule has 0 fully saturated rings. The second kappa shape index (κ2) is 17.4. The molecule has 2 unspecified atom stereocenters. The van der Waals surface area contributed by atoms with Crippen molar-refractivity contribution in [3.05, 3.63) is 101 Å². The van der Waals surface area contributed by atoms with Gasteiger partial charge in [0.25, 0.3) is 0 Å². The van der Waals surface area contributed by atoms with Gasteiger partial charge in [-0.05, 0) is 92.1 Å². The first kappa shape index (κ1) is 33.9. The van der Waals surface area contributed by atoms with Gasteiger partial charge in [0, 0.05) is 19.9 Å². The zero-order valence-electron chi connectivity index (χ0n) is 22.6. The number of aliphatic imine (C=N–C) groups is 1. The summed E-state index contributed by atoms with van der Waals surface area (Å²) in [5.74, 6) is 0.299. The number of primary sulfonamides is 1. The monoisotopic (exact) mass is 532 g/mol. The summed E-state index contributed by atoms with van der Waals surface area (Å²) in [4.78, 5) is 4.67. The molecular weight excluding hydrogens is 491 g/mol. The van der Waals surface area contributed by atoms with E-state index >= 15 is 0 Å². The van der Waals surface area contributed by atoms with Gasteiger partial charge in [-0.3, -0.25) is 4.99 Å². The molecule has 0 saturated carbocycles. The fourth-order valence-electron chi connectivity index (χ4n) is 3.61. The molecule has 0 aromatic heterocycles. The lowest BCUT2D eigenvalue weighted by Gasteiger charge is -2.17. The summed E-state index contributed by atoms with van der Waals surface area (Å²) in [7, 11) is -0.719. The number of nitrogens with zero attached hydrogens (tertiary/aromatic N) is 1. The Labute approximate surface area is 221 Å². The number of rotatable bonds is 5. The maximum Gasteiger partial charge on any atom is 0.234 e. The van der Waals surface area contributed by atoms with Crippen LogP contribution in [0.1, 0.15) is 57.6 Å². The number of aliphatic hydroxyl groups is 1. The Kier molecular flexibility index (Phi) is 16.0. The lowest BCUT2D eigenvalue weighted by Crippen LogP contribution is -2.21. The van der Waals surface area contributed by atoms with Crippen LogP contribution >= 0.6 is 0 Å². The van der Waals surface area contributed by atoms with Crippen LogP contribution < -0.4 is 5.14 Å². The highest BCUT2D eigenvalue weighted by Gasteiger charge is 2.21. The first-order chi connectivity index (χ1) is 17.4. The summed E-state index contributed by atoms with van der Waals surface area (Å²) in [6.45, 7) is 11.2. The lowest BCUT2D eigenvalue weighted by atomic mass is 9.92. The van der Waals surface area contributed by atoms with Gasteiger partial charge in [0.1, 0.15) is 11.6 Å². The van der Waals surface area contributed by atoms with E-state index in [0.29, 0.717) is 4.91 Å². The molecule has 0 amide bonds. The second-order valence-corrected chi connectivity index (χ2v) is 10.1. The Hall–Kier alpha value is -3.07. The van der Waals surface area contributed by atoms with Crippen LogP contribution in [0.5, 0.6) is 5.75 Å². The summed E-state index contributed by atoms with van der Waals surface area (Å²) in [5.41, 5.74) is 4.25. The van der Waals surface area contributed by atoms with Crippen LogP contribution in [0.3, 0.4) is 0 Å². The zero-order valence-corrected chi connectivity index (χ0v) is 23.5. The molecule has 0 radical (unpaired) electrons. The first-order valence-electron chi connectivity index (χ1n) is 11.8. The van der Waals surface area contributed by atoms with Gasteiger partial charge in [-0.15, -0.1) is 6.58 Å². The molecule has 0 saturated heterocycles. The van der Waals surface area contributed by atoms with Crippen molar-refractivity contribution in [2.75, 3.05) is 14.2 Å². The molecule has 204 valence electrons. The topological polar surface area (TPSA) is 113 Å². The average Bonchev–Trinajstić information content (AvgIpc) is 2.85. The van der Waals surface area contributed by atoms with Gasteiger partial charge in [0.2, 0.25) is 10.0 Å². The van der Waals surface area contributed by atoms with E-state index in [1.165, 1.54) is 17.7 Å². The summed E-state index contributed by atoms with van der Waals surface area (Å²) in [5, 5.41) is 21.3. The lowest BCUT2D eigenvalue weighted by molar-refractivity contribution is 0.399. The summed E-state index contributed by atoms with van der Waals surface area (Å²) in [6, 6.07) is 13.6. The number of halogens is 1. The minimum absolute atomic E-state index is 0.0185. The molecule has 2 atom stereocenters. The predicted octanol–water partition coefficient (Wildman–Crippen LogP) is 6.09. The van der Waals surface area contributed by atoms with E-state index in [4.69, 9.17) is 10.2 Å². The molecule has 0 bridgehead atoms. The third-order valence-electron chi connectivity index (χ3n) is 5.38. The van der Waals surface area contributed by atoms with E-state index in [1.54, 1.807) is 37.4 Å². The van der Waals surface area contributed by atoms with Gasteiger partial charge in [-0.25, -0.2) is 17.9 Å². The van der Waals surface area contributed by atoms with Gasteiger partial charge in [-0.2, -0.15) is 0 Å². The summed E-state index contributed by atoms with van der Waals surface area (Å²) >= 11 is 0. The third kappa shape index (κ3) is 12.6. The Morgan fingerprint density at radius 3 is 2.11 bits per heavy atom. The number of aliphatic hydroxyl groups excluding tert-OH is 1. The molecule has 37 heavy (non-hydrogen) atoms. The fourth-order valence-corrected chi connectivity index (χ4v) is 4.51. The minimum atomic E-state index is -3.48. The number of nitrogens with two attached hydrogens (primary N) is 1. The van der Waals surface area contributed by atoms with E-state index < -0.39 is 10.0 Å². The van der Waals surface area contributed by atoms with Crippen LogP contribution in [0.2, 0.25) is 0 Å². The molecule has 0 aliphatic heterocycles. The van der Waals surface area contributed by atoms with E-state index in [2.05, 4.69) is 18.5 Å². The van der Waals surface area contributed by atoms with Crippen molar-refractivity contribution in [1.29, 1.82) is 0 Å². The van der Waals surface area contributed by atoms with Crippen LogP contribution in [0.4, 0.5) is 4.39 Å². The maximum atomic E-state index is 12.9. The molecular formula is C29H41FN2O4S. The van der Waals surface area contributed by atoms with Crippen molar-refractivity contribution in [2.45, 2.75) is 46.5 Å². The van der Waals surface area contributed by atoms with Gasteiger partial charge in [0.05, 0.1) is 4.91 Å². The number of aromatic hydroxyl groups is 1. The highest BCUT2D eigenvalue weighted by Crippen LogP contribution is 2.26. The third-order valence-corrected chi connectivity index (χ3v) is 6.58. The van der Waals surface area contributed by atoms with Crippen molar-refractivity contribution in [3.8, 4) is 5.75 Å². The molecule has 6 nitrogen and oxygen atoms in total. The molecule has 3 rings (SSSR count). The van der Waals surface area contributed by atoms with Crippen molar-refractivity contribution < 1.29 is 23.0 Å². The van der Waals surface area contributed by atoms with E-state index in [-0.39, 0.29) is 23.4 Å². The van der Waals surface area contributed by atoms with Crippen LogP contribution in [0.25, 0.3) is 0 Å². The predicted molar refractivity (Wildman–Crippen MR) is 153 cm³/mol. The number of phenols is 1. The average molecular weight is 533 g/mol. The standard InChI is InChI=1S/C17H18FNO.C8H13NO2S.C3H6.CH4O/c1-12(13-3-7-15(18)8-4-13)11-17(19-2)14-5-9-16(20)10-6-14;1-6-3-4-8(7(2)5-6)12(9,10)11;1-3-2;1-2/h3-10,12,20H,11H2,1-2H3;3-4,7H,5H2,1-2H3,(H2,9,10,11);3H,1H2,2H3;2H,1H3. The first-order valence-corrected chi connectivity index (χ1v) is 13.4. The molecule has 0 heterocycles. The Bertz CT molecular complexity index is 1150. The van der Waals surface area contributed by atoms with Crippen molar-refractivity contribution >= 4 is 15.7 Å². The van der Waals surface area contributed by atoms with E-state index in [0.717, 1.165) is 36.8 Å². The largest absolute Gasteiger partial charge is 0.508 e. The van der Waals surface area contributed by atoms with Gasteiger partial charge < -0.3 is 10.2 Å². The maximum absolute atomic E-state index is 12.9. The SMILES string of the molecule is C=CC.CC1=CC=C(S(N)(=O)=O)C(C)C1.CN=C(CC(C)c1ccc(F)cc1)c1ccc(O)cc1.CO. The van der Waals surface area contributed by atoms with E-state index in [1.807, 2.05) is 45.0 Å². The van der Waals surface area contributed by atoms with Crippen LogP contribution in [-0.4, -0.2) is 38.5 Å². The molecule has 8 heteroatoms. The number of phenolic OH excluding ortho intramolecular Hbond substituents is 1. The van der Waals surface area contributed by atoms with Crippen molar-refractivity contribution in [1.82, 2.24) is 0 Å². The number of sulfonamides is 1. The van der Waals surface area contributed by atoms with Gasteiger partial charge in [0.15, 0.2) is 0 Å². The molecule has 0 spiro atoms. The molecule has 2 aromatic carbocycles. The molecule has 1 aliphatic rings. The van der Waals surface area contributed by atoms with Crippen LogP contribution in [-0.2, 0) is 10.0 Å². The quantitative estimate of drug-likeness (QED) is 0.319. The number of hydrogen-bond donors (Lipinski definition) is 3. The molecule has 1 aliphatic carbocycles. The smallest absolute Gasteiger partial charge is 0.234 e.